The minimum Gasteiger partial charge on any atom is -0.368 e. The van der Waals surface area contributed by atoms with Crippen LogP contribution in [0, 0.1) is 5.92 Å². The topological polar surface area (TPSA) is 31.4 Å². The van der Waals surface area contributed by atoms with Crippen molar-refractivity contribution in [2.24, 2.45) is 5.92 Å². The molecule has 2 heterocycles. The van der Waals surface area contributed by atoms with E-state index in [1.807, 2.05) is 12.3 Å². The molecule has 0 aliphatic carbocycles. The van der Waals surface area contributed by atoms with Gasteiger partial charge in [-0.3, -0.25) is 4.90 Å². The Morgan fingerprint density at radius 1 is 1.28 bits per heavy atom. The van der Waals surface area contributed by atoms with Crippen molar-refractivity contribution in [3.63, 3.8) is 0 Å². The van der Waals surface area contributed by atoms with Crippen LogP contribution in [0.25, 0.3) is 0 Å². The largest absolute Gasteiger partial charge is 0.368 e. The van der Waals surface area contributed by atoms with Crippen molar-refractivity contribution in [3.05, 3.63) is 18.3 Å². The third kappa shape index (κ3) is 3.71. The summed E-state index contributed by atoms with van der Waals surface area (Å²) in [5, 5.41) is 0. The Labute approximate surface area is 123 Å². The highest BCUT2D eigenvalue weighted by Gasteiger charge is 2.17. The number of hydrogen-bond donors (Lipinski definition) is 1. The molecule has 0 aromatic carbocycles. The van der Waals surface area contributed by atoms with Crippen LogP contribution in [0.2, 0.25) is 0 Å². The van der Waals surface area contributed by atoms with Gasteiger partial charge < -0.3 is 8.43 Å². The standard InChI is InChI=1S/C13H21IN4/c1-11(2)10-17-5-7-18(8-6-17)12-3-4-13(16-14)15-9-12/h3-4,9,11H,5-8,10H2,1-2H3,(H,15,16). The molecule has 0 unspecified atom stereocenters. The number of halogens is 1. The van der Waals surface area contributed by atoms with Gasteiger partial charge in [0, 0.05) is 32.7 Å². The maximum Gasteiger partial charge on any atom is 0.134 e. The van der Waals surface area contributed by atoms with Crippen molar-refractivity contribution in [1.29, 1.82) is 0 Å². The predicted octanol–water partition coefficient (Wildman–Crippen LogP) is 2.62. The van der Waals surface area contributed by atoms with Gasteiger partial charge in [-0.05, 0) is 18.1 Å². The molecule has 1 aromatic rings. The average molecular weight is 360 g/mol. The van der Waals surface area contributed by atoms with E-state index in [0.717, 1.165) is 37.9 Å². The van der Waals surface area contributed by atoms with E-state index in [9.17, 15) is 0 Å². The van der Waals surface area contributed by atoms with Crippen molar-refractivity contribution in [2.45, 2.75) is 13.8 Å². The number of aromatic nitrogens is 1. The molecule has 1 aromatic heterocycles. The molecular weight excluding hydrogens is 339 g/mol. The lowest BCUT2D eigenvalue weighted by molar-refractivity contribution is 0.231. The molecule has 0 amide bonds. The molecule has 0 atom stereocenters. The van der Waals surface area contributed by atoms with Crippen LogP contribution in [0.4, 0.5) is 11.5 Å². The molecule has 0 bridgehead atoms. The Morgan fingerprint density at radius 3 is 2.50 bits per heavy atom. The Hall–Kier alpha value is -0.560. The molecule has 1 aliphatic heterocycles. The molecule has 1 aliphatic rings. The van der Waals surface area contributed by atoms with Gasteiger partial charge in [0.15, 0.2) is 0 Å². The van der Waals surface area contributed by atoms with Crippen LogP contribution in [-0.4, -0.2) is 42.6 Å². The minimum absolute atomic E-state index is 0.757. The van der Waals surface area contributed by atoms with E-state index >= 15 is 0 Å². The van der Waals surface area contributed by atoms with Gasteiger partial charge in [0.25, 0.3) is 0 Å². The SMILES string of the molecule is CC(C)CN1CCN(c2ccc(NI)nc2)CC1. The number of piperazine rings is 1. The quantitative estimate of drug-likeness (QED) is 0.661. The van der Waals surface area contributed by atoms with Gasteiger partial charge in [-0.2, -0.15) is 0 Å². The normalized spacial score (nSPS) is 17.2. The van der Waals surface area contributed by atoms with Crippen LogP contribution in [0.1, 0.15) is 13.8 Å². The van der Waals surface area contributed by atoms with Crippen molar-refractivity contribution in [3.8, 4) is 0 Å². The molecule has 18 heavy (non-hydrogen) atoms. The van der Waals surface area contributed by atoms with Crippen LogP contribution in [-0.2, 0) is 0 Å². The van der Waals surface area contributed by atoms with Crippen LogP contribution >= 0.6 is 22.9 Å². The van der Waals surface area contributed by atoms with Gasteiger partial charge >= 0.3 is 0 Å². The molecule has 0 saturated carbocycles. The molecule has 100 valence electrons. The Morgan fingerprint density at radius 2 is 2.00 bits per heavy atom. The van der Waals surface area contributed by atoms with Crippen LogP contribution in [0.15, 0.2) is 18.3 Å². The number of nitrogens with zero attached hydrogens (tertiary/aromatic N) is 3. The van der Waals surface area contributed by atoms with Gasteiger partial charge in [0.2, 0.25) is 0 Å². The van der Waals surface area contributed by atoms with E-state index in [-0.39, 0.29) is 0 Å². The maximum atomic E-state index is 4.37. The lowest BCUT2D eigenvalue weighted by Gasteiger charge is -2.36. The maximum absolute atomic E-state index is 4.37. The smallest absolute Gasteiger partial charge is 0.134 e. The molecule has 5 heteroatoms. The van der Waals surface area contributed by atoms with Gasteiger partial charge in [-0.25, -0.2) is 4.98 Å². The minimum atomic E-state index is 0.757. The number of anilines is 2. The summed E-state index contributed by atoms with van der Waals surface area (Å²) in [5.41, 5.74) is 1.23. The Bertz CT molecular complexity index is 358. The second kappa shape index (κ2) is 6.56. The van der Waals surface area contributed by atoms with Crippen molar-refractivity contribution >= 4 is 34.4 Å². The Kier molecular flexibility index (Phi) is 5.05. The molecule has 1 N–H and O–H groups in total. The van der Waals surface area contributed by atoms with Gasteiger partial charge in [-0.1, -0.05) is 13.8 Å². The zero-order valence-electron chi connectivity index (χ0n) is 11.1. The van der Waals surface area contributed by atoms with Crippen molar-refractivity contribution < 1.29 is 0 Å². The molecule has 1 fully saturated rings. The molecular formula is C13H21IN4. The fraction of sp³-hybridized carbons (Fsp3) is 0.615. The summed E-state index contributed by atoms with van der Waals surface area (Å²) < 4.78 is 3.02. The van der Waals surface area contributed by atoms with Crippen molar-refractivity contribution in [2.75, 3.05) is 41.2 Å². The Balaban J connectivity index is 1.88. The summed E-state index contributed by atoms with van der Waals surface area (Å²) >= 11 is 2.10. The van der Waals surface area contributed by atoms with Crippen LogP contribution in [0.5, 0.6) is 0 Å². The second-order valence-corrected chi connectivity index (χ2v) is 5.72. The third-order valence-corrected chi connectivity index (χ3v) is 3.76. The van der Waals surface area contributed by atoms with E-state index in [0.29, 0.717) is 0 Å². The average Bonchev–Trinajstić information content (AvgIpc) is 2.39. The molecule has 0 radical (unpaired) electrons. The lowest BCUT2D eigenvalue weighted by atomic mass is 10.2. The fourth-order valence-corrected chi connectivity index (χ4v) is 2.65. The van der Waals surface area contributed by atoms with Crippen LogP contribution in [0.3, 0.4) is 0 Å². The zero-order chi connectivity index (χ0) is 13.0. The third-order valence-electron chi connectivity index (χ3n) is 3.21. The highest BCUT2D eigenvalue weighted by Crippen LogP contribution is 2.18. The van der Waals surface area contributed by atoms with Gasteiger partial charge in [0.05, 0.1) is 34.7 Å². The summed E-state index contributed by atoms with van der Waals surface area (Å²) in [4.78, 5) is 9.33. The van der Waals surface area contributed by atoms with Gasteiger partial charge in [0.1, 0.15) is 5.82 Å². The summed E-state index contributed by atoms with van der Waals surface area (Å²) in [6.45, 7) is 10.3. The number of hydrogen-bond acceptors (Lipinski definition) is 4. The number of nitrogens with one attached hydrogen (secondary N) is 1. The first-order valence-electron chi connectivity index (χ1n) is 6.49. The molecule has 4 nitrogen and oxygen atoms in total. The van der Waals surface area contributed by atoms with E-state index in [1.165, 1.54) is 12.2 Å². The van der Waals surface area contributed by atoms with E-state index < -0.39 is 0 Å². The van der Waals surface area contributed by atoms with E-state index in [2.05, 4.69) is 61.1 Å². The van der Waals surface area contributed by atoms with Gasteiger partial charge in [-0.15, -0.1) is 0 Å². The first kappa shape index (κ1) is 13.9. The summed E-state index contributed by atoms with van der Waals surface area (Å²) in [6, 6.07) is 4.17. The highest BCUT2D eigenvalue weighted by molar-refractivity contribution is 14.1. The first-order valence-corrected chi connectivity index (χ1v) is 7.57. The summed E-state index contributed by atoms with van der Waals surface area (Å²) in [5.74, 6) is 1.67. The fourth-order valence-electron chi connectivity index (χ4n) is 2.33. The summed E-state index contributed by atoms with van der Waals surface area (Å²) in [6.07, 6.45) is 1.96. The monoisotopic (exact) mass is 360 g/mol. The van der Waals surface area contributed by atoms with E-state index in [1.54, 1.807) is 0 Å². The van der Waals surface area contributed by atoms with Crippen LogP contribution < -0.4 is 8.43 Å². The summed E-state index contributed by atoms with van der Waals surface area (Å²) in [7, 11) is 0. The highest BCUT2D eigenvalue weighted by atomic mass is 127. The lowest BCUT2D eigenvalue weighted by Crippen LogP contribution is -2.47. The molecule has 1 saturated heterocycles. The zero-order valence-corrected chi connectivity index (χ0v) is 13.2. The van der Waals surface area contributed by atoms with E-state index in [4.69, 9.17) is 0 Å². The predicted molar refractivity (Wildman–Crippen MR) is 85.4 cm³/mol. The second-order valence-electron chi connectivity index (χ2n) is 5.18. The molecule has 2 rings (SSSR count). The van der Waals surface area contributed by atoms with Crippen molar-refractivity contribution in [1.82, 2.24) is 9.88 Å². The number of pyridine rings is 1. The first-order chi connectivity index (χ1) is 8.69. The number of rotatable bonds is 4. The molecule has 0 spiro atoms.